The van der Waals surface area contributed by atoms with Crippen molar-refractivity contribution in [3.05, 3.63) is 23.9 Å². The Hall–Kier alpha value is -1.38. The van der Waals surface area contributed by atoms with Gasteiger partial charge < -0.3 is 5.73 Å². The third-order valence-corrected chi connectivity index (χ3v) is 1.94. The second kappa shape index (κ2) is 1.37. The first-order valence-electron chi connectivity index (χ1n) is 3.04. The first kappa shape index (κ1) is 5.41. The van der Waals surface area contributed by atoms with Crippen LogP contribution in [0, 0.1) is 10.8 Å². The van der Waals surface area contributed by atoms with Crippen LogP contribution in [0.4, 0.5) is 0 Å². The number of rotatable bonds is 1. The lowest BCUT2D eigenvalue weighted by atomic mass is 9.73. The third kappa shape index (κ3) is 0.375. The van der Waals surface area contributed by atoms with Crippen LogP contribution >= 0.6 is 0 Å². The van der Waals surface area contributed by atoms with Gasteiger partial charge >= 0.3 is 0 Å². The van der Waals surface area contributed by atoms with Crippen LogP contribution in [0.15, 0.2) is 28.9 Å². The number of nitrogens with zero attached hydrogens (tertiary/aromatic N) is 1. The van der Waals surface area contributed by atoms with E-state index in [0.717, 1.165) is 5.57 Å². The lowest BCUT2D eigenvalue weighted by molar-refractivity contribution is 0.852. The SMILES string of the molecule is N=C(N)C12C=CC1=CN=C2. The molecule has 0 aromatic rings. The van der Waals surface area contributed by atoms with Crippen LogP contribution in [0.3, 0.4) is 0 Å². The smallest absolute Gasteiger partial charge is 0.111 e. The molecule has 1 atom stereocenters. The fourth-order valence-corrected chi connectivity index (χ4v) is 1.18. The van der Waals surface area contributed by atoms with E-state index in [1.54, 1.807) is 12.4 Å². The summed E-state index contributed by atoms with van der Waals surface area (Å²) in [5, 5.41) is 7.26. The minimum atomic E-state index is -0.417. The number of fused-ring (bicyclic) bond motifs is 1. The van der Waals surface area contributed by atoms with E-state index in [9.17, 15) is 0 Å². The molecule has 0 aromatic carbocycles. The molecule has 0 saturated heterocycles. The largest absolute Gasteiger partial charge is 0.386 e. The van der Waals surface area contributed by atoms with E-state index in [1.807, 2.05) is 12.2 Å². The summed E-state index contributed by atoms with van der Waals surface area (Å²) in [6.45, 7) is 0. The average Bonchev–Trinajstić information content (AvgIpc) is 2.09. The highest BCUT2D eigenvalue weighted by molar-refractivity contribution is 6.09. The second-order valence-electron chi connectivity index (χ2n) is 2.48. The summed E-state index contributed by atoms with van der Waals surface area (Å²) in [6, 6.07) is 0. The van der Waals surface area contributed by atoms with Gasteiger partial charge in [0.25, 0.3) is 0 Å². The van der Waals surface area contributed by atoms with E-state index in [4.69, 9.17) is 11.1 Å². The first-order valence-corrected chi connectivity index (χ1v) is 3.04. The molecule has 10 heavy (non-hydrogen) atoms. The topological polar surface area (TPSA) is 62.2 Å². The van der Waals surface area contributed by atoms with E-state index < -0.39 is 5.41 Å². The number of nitrogens with one attached hydrogen (secondary N) is 1. The Morgan fingerprint density at radius 1 is 1.70 bits per heavy atom. The molecular formula is C7H7N3. The molecule has 2 rings (SSSR count). The predicted molar refractivity (Wildman–Crippen MR) is 40.1 cm³/mol. The van der Waals surface area contributed by atoms with Gasteiger partial charge in [0.2, 0.25) is 0 Å². The van der Waals surface area contributed by atoms with Crippen LogP contribution in [0.5, 0.6) is 0 Å². The molecule has 50 valence electrons. The number of amidine groups is 1. The van der Waals surface area contributed by atoms with Gasteiger partial charge in [0, 0.05) is 12.4 Å². The molecule has 0 amide bonds. The fourth-order valence-electron chi connectivity index (χ4n) is 1.18. The number of nitrogens with two attached hydrogens (primary N) is 1. The van der Waals surface area contributed by atoms with Crippen LogP contribution in [0.25, 0.3) is 0 Å². The van der Waals surface area contributed by atoms with Crippen LogP contribution in [0.1, 0.15) is 0 Å². The summed E-state index contributed by atoms with van der Waals surface area (Å²) in [6.07, 6.45) is 7.25. The predicted octanol–water partition coefficient (Wildman–Crippen LogP) is 0.447. The minimum Gasteiger partial charge on any atom is -0.386 e. The molecule has 3 nitrogen and oxygen atoms in total. The molecule has 1 aliphatic heterocycles. The van der Waals surface area contributed by atoms with Crippen molar-refractivity contribution < 1.29 is 0 Å². The van der Waals surface area contributed by atoms with E-state index in [-0.39, 0.29) is 5.84 Å². The van der Waals surface area contributed by atoms with E-state index in [1.165, 1.54) is 0 Å². The Kier molecular flexibility index (Phi) is 0.740. The summed E-state index contributed by atoms with van der Waals surface area (Å²) < 4.78 is 0. The molecule has 3 heteroatoms. The minimum absolute atomic E-state index is 0.155. The van der Waals surface area contributed by atoms with Crippen LogP contribution in [0.2, 0.25) is 0 Å². The zero-order valence-electron chi connectivity index (χ0n) is 5.33. The Morgan fingerprint density at radius 3 is 2.80 bits per heavy atom. The molecule has 0 spiro atoms. The molecule has 1 unspecified atom stereocenters. The molecule has 0 aromatic heterocycles. The molecule has 0 fully saturated rings. The van der Waals surface area contributed by atoms with E-state index in [2.05, 4.69) is 4.99 Å². The molecule has 2 aliphatic rings. The highest BCUT2D eigenvalue weighted by Gasteiger charge is 2.40. The molecule has 1 heterocycles. The number of hydrogen-bond donors (Lipinski definition) is 2. The van der Waals surface area contributed by atoms with Crippen molar-refractivity contribution in [2.75, 3.05) is 0 Å². The van der Waals surface area contributed by atoms with Crippen molar-refractivity contribution in [2.45, 2.75) is 0 Å². The summed E-state index contributed by atoms with van der Waals surface area (Å²) in [5.74, 6) is 0.155. The average molecular weight is 133 g/mol. The Morgan fingerprint density at radius 2 is 2.50 bits per heavy atom. The summed E-state index contributed by atoms with van der Waals surface area (Å²) in [5.41, 5.74) is 5.98. The van der Waals surface area contributed by atoms with Crippen molar-refractivity contribution >= 4 is 12.1 Å². The Labute approximate surface area is 58.5 Å². The Bertz CT molecular complexity index is 275. The van der Waals surface area contributed by atoms with Crippen LogP contribution < -0.4 is 5.73 Å². The lowest BCUT2D eigenvalue weighted by Gasteiger charge is -2.29. The van der Waals surface area contributed by atoms with Gasteiger partial charge in [-0.1, -0.05) is 12.2 Å². The Balaban J connectivity index is 2.51. The monoisotopic (exact) mass is 133 g/mol. The number of allylic oxidation sites excluding steroid dienone is 1. The lowest BCUT2D eigenvalue weighted by Crippen LogP contribution is -2.40. The fraction of sp³-hybridized carbons (Fsp3) is 0.143. The van der Waals surface area contributed by atoms with Gasteiger partial charge in [-0.15, -0.1) is 0 Å². The third-order valence-electron chi connectivity index (χ3n) is 1.94. The molecule has 0 bridgehead atoms. The number of aliphatic imine (C=N–C) groups is 1. The highest BCUT2D eigenvalue weighted by Crippen LogP contribution is 2.39. The number of hydrogen-bond acceptors (Lipinski definition) is 2. The van der Waals surface area contributed by atoms with E-state index in [0.29, 0.717) is 0 Å². The summed E-state index contributed by atoms with van der Waals surface area (Å²) in [7, 11) is 0. The summed E-state index contributed by atoms with van der Waals surface area (Å²) >= 11 is 0. The van der Waals surface area contributed by atoms with Gasteiger partial charge in [-0.2, -0.15) is 0 Å². The van der Waals surface area contributed by atoms with Crippen molar-refractivity contribution in [1.82, 2.24) is 0 Å². The maximum Gasteiger partial charge on any atom is 0.111 e. The van der Waals surface area contributed by atoms with Crippen molar-refractivity contribution in [3.63, 3.8) is 0 Å². The standard InChI is InChI=1S/C7H7N3/c8-6(9)7-2-1-5(7)3-10-4-7/h1-4H,(H3,8,9). The van der Waals surface area contributed by atoms with E-state index >= 15 is 0 Å². The molecule has 0 saturated carbocycles. The van der Waals surface area contributed by atoms with Gasteiger partial charge in [-0.05, 0) is 5.57 Å². The first-order chi connectivity index (χ1) is 4.76. The van der Waals surface area contributed by atoms with Gasteiger partial charge in [-0.25, -0.2) is 0 Å². The molecular weight excluding hydrogens is 126 g/mol. The normalized spacial score (nSPS) is 33.0. The zero-order chi connectivity index (χ0) is 7.19. The quantitative estimate of drug-likeness (QED) is 0.396. The second-order valence-corrected chi connectivity index (χ2v) is 2.48. The highest BCUT2D eigenvalue weighted by atomic mass is 14.8. The maximum atomic E-state index is 7.26. The van der Waals surface area contributed by atoms with Crippen molar-refractivity contribution in [3.8, 4) is 0 Å². The zero-order valence-corrected chi connectivity index (χ0v) is 5.33. The molecule has 0 radical (unpaired) electrons. The van der Waals surface area contributed by atoms with Gasteiger partial charge in [0.05, 0.1) is 0 Å². The van der Waals surface area contributed by atoms with Gasteiger partial charge in [0.15, 0.2) is 0 Å². The van der Waals surface area contributed by atoms with Gasteiger partial charge in [-0.3, -0.25) is 10.4 Å². The molecule has 3 N–H and O–H groups in total. The van der Waals surface area contributed by atoms with Crippen molar-refractivity contribution in [2.24, 2.45) is 16.1 Å². The van der Waals surface area contributed by atoms with Crippen molar-refractivity contribution in [1.29, 1.82) is 5.41 Å². The van der Waals surface area contributed by atoms with Crippen LogP contribution in [-0.4, -0.2) is 12.1 Å². The molecule has 1 aliphatic carbocycles. The summed E-state index contributed by atoms with van der Waals surface area (Å²) in [4.78, 5) is 3.93. The van der Waals surface area contributed by atoms with Crippen LogP contribution in [-0.2, 0) is 0 Å². The van der Waals surface area contributed by atoms with Gasteiger partial charge in [0.1, 0.15) is 11.3 Å². The maximum absolute atomic E-state index is 7.26.